The largest absolute Gasteiger partial charge is 0.481 e. The second-order valence-electron chi connectivity index (χ2n) is 8.78. The molecule has 1 aromatic heterocycles. The van der Waals surface area contributed by atoms with E-state index >= 15 is 0 Å². The van der Waals surface area contributed by atoms with Gasteiger partial charge in [-0.2, -0.15) is 5.10 Å². The lowest BCUT2D eigenvalue weighted by Gasteiger charge is -2.13. The van der Waals surface area contributed by atoms with E-state index in [4.69, 9.17) is 32.7 Å². The summed E-state index contributed by atoms with van der Waals surface area (Å²) >= 11 is 13.3. The predicted octanol–water partition coefficient (Wildman–Crippen LogP) is 6.28. The van der Waals surface area contributed by atoms with Gasteiger partial charge in [0.15, 0.2) is 6.10 Å². The first kappa shape index (κ1) is 28.6. The van der Waals surface area contributed by atoms with E-state index in [-0.39, 0.29) is 12.5 Å². The standard InChI is InChI=1S/C28H27Cl2N3O5S/c1-3-37-28(36)24-20-6-4-5-7-23(20)39-27(24)32-26(35)18-9-11-19(12-10-18)38-16(2)25(34)33-31-15-17-8-13-21(29)22(30)14-17/h8-16H,3-7H2,1-2H3,(H,32,35)(H,33,34)/b31-15-/t16-/m1/s1. The van der Waals surface area contributed by atoms with Crippen molar-refractivity contribution >= 4 is 63.5 Å². The van der Waals surface area contributed by atoms with Crippen molar-refractivity contribution in [2.45, 2.75) is 45.6 Å². The Hall–Kier alpha value is -3.40. The molecule has 1 atom stereocenters. The number of aryl methyl sites for hydroxylation is 1. The summed E-state index contributed by atoms with van der Waals surface area (Å²) < 4.78 is 10.9. The highest BCUT2D eigenvalue weighted by Gasteiger charge is 2.27. The Kier molecular flexibility index (Phi) is 9.61. The van der Waals surface area contributed by atoms with Crippen LogP contribution in [0.3, 0.4) is 0 Å². The number of hydrogen-bond acceptors (Lipinski definition) is 7. The zero-order chi connectivity index (χ0) is 27.9. The maximum Gasteiger partial charge on any atom is 0.341 e. The quantitative estimate of drug-likeness (QED) is 0.174. The summed E-state index contributed by atoms with van der Waals surface area (Å²) in [5.41, 5.74) is 4.91. The second kappa shape index (κ2) is 13.1. The van der Waals surface area contributed by atoms with Gasteiger partial charge >= 0.3 is 5.97 Å². The summed E-state index contributed by atoms with van der Waals surface area (Å²) in [6, 6.07) is 11.4. The van der Waals surface area contributed by atoms with Crippen LogP contribution in [0, 0.1) is 0 Å². The molecule has 0 fully saturated rings. The average Bonchev–Trinajstić information content (AvgIpc) is 3.29. The van der Waals surface area contributed by atoms with Gasteiger partial charge < -0.3 is 14.8 Å². The van der Waals surface area contributed by atoms with Crippen molar-refractivity contribution < 1.29 is 23.9 Å². The van der Waals surface area contributed by atoms with Gasteiger partial charge in [0.2, 0.25) is 0 Å². The number of ether oxygens (including phenoxy) is 2. The fourth-order valence-corrected chi connectivity index (χ4v) is 5.62. The van der Waals surface area contributed by atoms with Crippen molar-refractivity contribution in [3.8, 4) is 5.75 Å². The summed E-state index contributed by atoms with van der Waals surface area (Å²) in [7, 11) is 0. The van der Waals surface area contributed by atoms with Gasteiger partial charge in [-0.1, -0.05) is 29.3 Å². The number of esters is 1. The molecule has 1 aliphatic rings. The molecular formula is C28H27Cl2N3O5S. The minimum atomic E-state index is -0.847. The lowest BCUT2D eigenvalue weighted by Crippen LogP contribution is -2.33. The summed E-state index contributed by atoms with van der Waals surface area (Å²) in [5, 5.41) is 8.12. The first-order chi connectivity index (χ1) is 18.8. The molecule has 2 N–H and O–H groups in total. The number of benzene rings is 2. The molecule has 2 amide bonds. The molecule has 0 saturated heterocycles. The zero-order valence-electron chi connectivity index (χ0n) is 21.4. The molecule has 1 heterocycles. The SMILES string of the molecule is CCOC(=O)c1c(NC(=O)c2ccc(O[C@H](C)C(=O)N/N=C\c3ccc(Cl)c(Cl)c3)cc2)sc2c1CCCC2. The molecule has 1 aliphatic carbocycles. The molecule has 11 heteroatoms. The lowest BCUT2D eigenvalue weighted by atomic mass is 9.95. The van der Waals surface area contributed by atoms with E-state index < -0.39 is 18.0 Å². The van der Waals surface area contributed by atoms with E-state index in [1.807, 2.05) is 0 Å². The van der Waals surface area contributed by atoms with Crippen LogP contribution in [0.25, 0.3) is 0 Å². The van der Waals surface area contributed by atoms with Gasteiger partial charge in [0.1, 0.15) is 10.8 Å². The van der Waals surface area contributed by atoms with Gasteiger partial charge in [0.25, 0.3) is 11.8 Å². The Labute approximate surface area is 240 Å². The van der Waals surface area contributed by atoms with Crippen molar-refractivity contribution in [2.75, 3.05) is 11.9 Å². The maximum atomic E-state index is 13.0. The van der Waals surface area contributed by atoms with Gasteiger partial charge in [0.05, 0.1) is 28.4 Å². The van der Waals surface area contributed by atoms with E-state index in [9.17, 15) is 14.4 Å². The van der Waals surface area contributed by atoms with Crippen LogP contribution >= 0.6 is 34.5 Å². The predicted molar refractivity (Wildman–Crippen MR) is 154 cm³/mol. The van der Waals surface area contributed by atoms with Crippen LogP contribution in [0.2, 0.25) is 10.0 Å². The number of anilines is 1. The number of thiophene rings is 1. The number of rotatable bonds is 9. The Balaban J connectivity index is 1.36. The highest BCUT2D eigenvalue weighted by molar-refractivity contribution is 7.17. The van der Waals surface area contributed by atoms with Crippen LogP contribution < -0.4 is 15.5 Å². The van der Waals surface area contributed by atoms with Crippen LogP contribution in [0.4, 0.5) is 5.00 Å². The van der Waals surface area contributed by atoms with Crippen molar-refractivity contribution in [1.29, 1.82) is 0 Å². The van der Waals surface area contributed by atoms with Gasteiger partial charge in [-0.15, -0.1) is 11.3 Å². The Morgan fingerprint density at radius 2 is 1.82 bits per heavy atom. The fourth-order valence-electron chi connectivity index (χ4n) is 4.04. The molecule has 0 saturated carbocycles. The van der Waals surface area contributed by atoms with Crippen LogP contribution in [0.5, 0.6) is 5.75 Å². The molecule has 0 unspecified atom stereocenters. The highest BCUT2D eigenvalue weighted by atomic mass is 35.5. The molecule has 39 heavy (non-hydrogen) atoms. The zero-order valence-corrected chi connectivity index (χ0v) is 23.7. The highest BCUT2D eigenvalue weighted by Crippen LogP contribution is 2.39. The molecule has 204 valence electrons. The first-order valence-corrected chi connectivity index (χ1v) is 14.0. The van der Waals surface area contributed by atoms with Crippen molar-refractivity contribution in [3.05, 3.63) is 79.6 Å². The average molecular weight is 589 g/mol. The molecular weight excluding hydrogens is 561 g/mol. The number of carbonyl (C=O) groups is 3. The molecule has 0 spiro atoms. The number of halogens is 2. The smallest absolute Gasteiger partial charge is 0.341 e. The van der Waals surface area contributed by atoms with E-state index in [0.29, 0.717) is 37.5 Å². The van der Waals surface area contributed by atoms with Gasteiger partial charge in [0, 0.05) is 10.4 Å². The van der Waals surface area contributed by atoms with Crippen LogP contribution in [0.1, 0.15) is 63.4 Å². The minimum Gasteiger partial charge on any atom is -0.481 e. The molecule has 4 rings (SSSR count). The maximum absolute atomic E-state index is 13.0. The number of carbonyl (C=O) groups excluding carboxylic acids is 3. The third-order valence-electron chi connectivity index (χ3n) is 6.01. The number of hydrogen-bond donors (Lipinski definition) is 2. The number of hydrazone groups is 1. The van der Waals surface area contributed by atoms with Crippen molar-refractivity contribution in [3.63, 3.8) is 0 Å². The summed E-state index contributed by atoms with van der Waals surface area (Å²) in [5.74, 6) is -0.819. The van der Waals surface area contributed by atoms with Crippen molar-refractivity contribution in [1.82, 2.24) is 5.43 Å². The monoisotopic (exact) mass is 587 g/mol. The number of nitrogens with one attached hydrogen (secondary N) is 2. The summed E-state index contributed by atoms with van der Waals surface area (Å²) in [6.45, 7) is 3.60. The fraction of sp³-hybridized carbons (Fsp3) is 0.286. The normalized spacial score (nSPS) is 13.4. The van der Waals surface area contributed by atoms with Crippen LogP contribution in [0.15, 0.2) is 47.6 Å². The van der Waals surface area contributed by atoms with E-state index in [1.54, 1.807) is 56.3 Å². The van der Waals surface area contributed by atoms with E-state index in [2.05, 4.69) is 15.8 Å². The summed E-state index contributed by atoms with van der Waals surface area (Å²) in [4.78, 5) is 39.1. The van der Waals surface area contributed by atoms with Gasteiger partial charge in [-0.05, 0) is 87.1 Å². The Bertz CT molecular complexity index is 1400. The third kappa shape index (κ3) is 7.17. The molecule has 0 radical (unpaired) electrons. The van der Waals surface area contributed by atoms with E-state index in [0.717, 1.165) is 36.1 Å². The molecule has 2 aromatic carbocycles. The number of nitrogens with zero attached hydrogens (tertiary/aromatic N) is 1. The Morgan fingerprint density at radius 1 is 1.08 bits per heavy atom. The third-order valence-corrected chi connectivity index (χ3v) is 7.95. The second-order valence-corrected chi connectivity index (χ2v) is 10.7. The van der Waals surface area contributed by atoms with Gasteiger partial charge in [-0.25, -0.2) is 10.2 Å². The first-order valence-electron chi connectivity index (χ1n) is 12.4. The molecule has 0 aliphatic heterocycles. The lowest BCUT2D eigenvalue weighted by molar-refractivity contribution is -0.127. The number of fused-ring (bicyclic) bond motifs is 1. The van der Waals surface area contributed by atoms with Crippen LogP contribution in [-0.2, 0) is 22.4 Å². The minimum absolute atomic E-state index is 0.262. The van der Waals surface area contributed by atoms with Gasteiger partial charge in [-0.3, -0.25) is 9.59 Å². The van der Waals surface area contributed by atoms with E-state index in [1.165, 1.54) is 17.6 Å². The molecule has 3 aromatic rings. The molecule has 0 bridgehead atoms. The molecule has 8 nitrogen and oxygen atoms in total. The topological polar surface area (TPSA) is 106 Å². The Morgan fingerprint density at radius 3 is 2.54 bits per heavy atom. The van der Waals surface area contributed by atoms with Crippen LogP contribution in [-0.4, -0.2) is 36.7 Å². The van der Waals surface area contributed by atoms with Crippen molar-refractivity contribution in [2.24, 2.45) is 5.10 Å². The summed E-state index contributed by atoms with van der Waals surface area (Å²) in [6.07, 6.45) is 4.35. The number of amides is 2.